The molecule has 0 aliphatic carbocycles. The van der Waals surface area contributed by atoms with Crippen LogP contribution in [-0.4, -0.2) is 31.9 Å². The van der Waals surface area contributed by atoms with Gasteiger partial charge in [0.15, 0.2) is 0 Å². The summed E-state index contributed by atoms with van der Waals surface area (Å²) in [7, 11) is 0. The molecular weight excluding hydrogens is 336 g/mol. The van der Waals surface area contributed by atoms with Crippen LogP contribution in [0.2, 0.25) is 0 Å². The fraction of sp³-hybridized carbons (Fsp3) is 0.278. The minimum atomic E-state index is -0.448. The first-order valence-corrected chi connectivity index (χ1v) is 8.19. The molecule has 0 atom stereocenters. The molecule has 1 heterocycles. The molecule has 3 rings (SSSR count). The highest BCUT2D eigenvalue weighted by Crippen LogP contribution is 2.30. The van der Waals surface area contributed by atoms with Crippen molar-refractivity contribution in [1.82, 2.24) is 20.2 Å². The third-order valence-electron chi connectivity index (χ3n) is 3.97. The lowest BCUT2D eigenvalue weighted by Crippen LogP contribution is -2.18. The van der Waals surface area contributed by atoms with Gasteiger partial charge in [-0.25, -0.2) is 9.89 Å². The molecule has 3 aromatic rings. The molecule has 0 aliphatic rings. The highest BCUT2D eigenvalue weighted by atomic mass is 16.5. The summed E-state index contributed by atoms with van der Waals surface area (Å²) < 4.78 is 12.8. The van der Waals surface area contributed by atoms with Crippen molar-refractivity contribution >= 4 is 0 Å². The number of aryl methyl sites for hydroxylation is 2. The molecule has 0 unspecified atom stereocenters. The van der Waals surface area contributed by atoms with Gasteiger partial charge in [-0.15, -0.1) is 0 Å². The van der Waals surface area contributed by atoms with Gasteiger partial charge in [0.1, 0.15) is 23.9 Å². The summed E-state index contributed by atoms with van der Waals surface area (Å²) in [5.74, 6) is 1.47. The summed E-state index contributed by atoms with van der Waals surface area (Å²) in [5, 5.41) is 19.4. The molecule has 0 bridgehead atoms. The van der Waals surface area contributed by atoms with Crippen molar-refractivity contribution in [2.75, 3.05) is 6.61 Å². The number of rotatable bonds is 6. The first-order chi connectivity index (χ1) is 12.5. The smallest absolute Gasteiger partial charge is 0.365 e. The van der Waals surface area contributed by atoms with Crippen molar-refractivity contribution in [2.24, 2.45) is 0 Å². The fourth-order valence-corrected chi connectivity index (χ4v) is 2.62. The molecule has 0 saturated heterocycles. The van der Waals surface area contributed by atoms with Crippen molar-refractivity contribution < 1.29 is 14.6 Å². The van der Waals surface area contributed by atoms with Crippen LogP contribution in [0, 0.1) is 13.8 Å². The summed E-state index contributed by atoms with van der Waals surface area (Å²) in [6.45, 7) is 6.17. The molecule has 26 heavy (non-hydrogen) atoms. The first-order valence-electron chi connectivity index (χ1n) is 8.19. The minimum Gasteiger partial charge on any atom is -0.508 e. The Hall–Kier alpha value is -3.29. The Labute approximate surface area is 150 Å². The standard InChI is InChI=1S/C18H20N4O4/c1-4-25-16-7-5-6-14(22-18(24)19-20-21-22)13(16)10-26-17-9-11(2)15(23)8-12(17)3/h5-9,23H,4,10H2,1-3H3,(H,19,21,24). The number of aromatic hydroxyl groups is 1. The monoisotopic (exact) mass is 356 g/mol. The number of tetrazole rings is 1. The number of nitrogens with zero attached hydrogens (tertiary/aromatic N) is 3. The van der Waals surface area contributed by atoms with Crippen LogP contribution in [0.3, 0.4) is 0 Å². The van der Waals surface area contributed by atoms with E-state index in [1.807, 2.05) is 19.9 Å². The average molecular weight is 356 g/mol. The second-order valence-corrected chi connectivity index (χ2v) is 5.80. The number of hydrogen-bond acceptors (Lipinski definition) is 6. The van der Waals surface area contributed by atoms with Gasteiger partial charge in [-0.2, -0.15) is 4.68 Å². The topological polar surface area (TPSA) is 102 Å². The lowest BCUT2D eigenvalue weighted by Gasteiger charge is -2.16. The predicted molar refractivity (Wildman–Crippen MR) is 95.1 cm³/mol. The Bertz CT molecular complexity index is 978. The number of ether oxygens (including phenoxy) is 2. The van der Waals surface area contributed by atoms with Crippen molar-refractivity contribution in [1.29, 1.82) is 0 Å². The Balaban J connectivity index is 1.99. The van der Waals surface area contributed by atoms with Crippen LogP contribution in [0.4, 0.5) is 0 Å². The number of nitrogens with one attached hydrogen (secondary N) is 1. The summed E-state index contributed by atoms with van der Waals surface area (Å²) in [6.07, 6.45) is 0. The van der Waals surface area contributed by atoms with Crippen LogP contribution in [0.15, 0.2) is 35.1 Å². The highest BCUT2D eigenvalue weighted by Gasteiger charge is 2.16. The lowest BCUT2D eigenvalue weighted by molar-refractivity contribution is 0.283. The SMILES string of the molecule is CCOc1cccc(-n2nn[nH]c2=O)c1COc1cc(C)c(O)cc1C. The van der Waals surface area contributed by atoms with Gasteiger partial charge in [-0.05, 0) is 66.6 Å². The van der Waals surface area contributed by atoms with Gasteiger partial charge in [0.2, 0.25) is 0 Å². The molecule has 0 saturated carbocycles. The fourth-order valence-electron chi connectivity index (χ4n) is 2.62. The van der Waals surface area contributed by atoms with Crippen LogP contribution in [0.5, 0.6) is 17.2 Å². The van der Waals surface area contributed by atoms with E-state index in [1.54, 1.807) is 31.2 Å². The molecule has 2 N–H and O–H groups in total. The second kappa shape index (κ2) is 7.30. The van der Waals surface area contributed by atoms with Gasteiger partial charge in [0.25, 0.3) is 0 Å². The van der Waals surface area contributed by atoms with Crippen molar-refractivity contribution in [3.63, 3.8) is 0 Å². The third kappa shape index (κ3) is 3.39. The molecule has 0 spiro atoms. The van der Waals surface area contributed by atoms with Crippen LogP contribution in [0.1, 0.15) is 23.6 Å². The Kier molecular flexibility index (Phi) is 4.92. The summed E-state index contributed by atoms with van der Waals surface area (Å²) in [5.41, 5.74) is 2.29. The van der Waals surface area contributed by atoms with Crippen LogP contribution < -0.4 is 15.2 Å². The Morgan fingerprint density at radius 3 is 2.65 bits per heavy atom. The summed E-state index contributed by atoms with van der Waals surface area (Å²) >= 11 is 0. The number of phenolic OH excluding ortho intramolecular Hbond substituents is 1. The zero-order valence-electron chi connectivity index (χ0n) is 14.8. The Morgan fingerprint density at radius 1 is 1.15 bits per heavy atom. The zero-order valence-corrected chi connectivity index (χ0v) is 14.8. The van der Waals surface area contributed by atoms with Crippen LogP contribution >= 0.6 is 0 Å². The largest absolute Gasteiger partial charge is 0.508 e. The molecule has 0 aliphatic heterocycles. The van der Waals surface area contributed by atoms with Gasteiger partial charge >= 0.3 is 5.69 Å². The number of benzene rings is 2. The molecule has 0 radical (unpaired) electrons. The van der Waals surface area contributed by atoms with E-state index in [-0.39, 0.29) is 12.4 Å². The maximum Gasteiger partial charge on any atom is 0.365 e. The molecular formula is C18H20N4O4. The average Bonchev–Trinajstić information content (AvgIpc) is 3.03. The number of phenols is 1. The molecule has 1 aromatic heterocycles. The maximum atomic E-state index is 11.9. The van der Waals surface area contributed by atoms with Gasteiger partial charge in [-0.1, -0.05) is 6.07 Å². The van der Waals surface area contributed by atoms with E-state index < -0.39 is 5.69 Å². The summed E-state index contributed by atoms with van der Waals surface area (Å²) in [6, 6.07) is 8.77. The molecule has 0 fully saturated rings. The lowest BCUT2D eigenvalue weighted by atomic mass is 10.1. The molecule has 0 amide bonds. The first kappa shape index (κ1) is 17.5. The van der Waals surface area contributed by atoms with E-state index in [0.717, 1.165) is 15.8 Å². The van der Waals surface area contributed by atoms with E-state index >= 15 is 0 Å². The van der Waals surface area contributed by atoms with E-state index in [9.17, 15) is 9.90 Å². The highest BCUT2D eigenvalue weighted by molar-refractivity contribution is 5.50. The van der Waals surface area contributed by atoms with Gasteiger partial charge in [0.05, 0.1) is 17.9 Å². The normalized spacial score (nSPS) is 10.7. The number of H-pyrrole nitrogens is 1. The number of aromatic nitrogens is 4. The molecule has 136 valence electrons. The third-order valence-corrected chi connectivity index (χ3v) is 3.97. The second-order valence-electron chi connectivity index (χ2n) is 5.80. The van der Waals surface area contributed by atoms with Gasteiger partial charge in [-0.3, -0.25) is 0 Å². The summed E-state index contributed by atoms with van der Waals surface area (Å²) in [4.78, 5) is 11.9. The quantitative estimate of drug-likeness (QED) is 0.702. The van der Waals surface area contributed by atoms with Crippen molar-refractivity contribution in [3.8, 4) is 22.9 Å². The van der Waals surface area contributed by atoms with Crippen LogP contribution in [0.25, 0.3) is 5.69 Å². The molecule has 8 nitrogen and oxygen atoms in total. The van der Waals surface area contributed by atoms with Gasteiger partial charge < -0.3 is 14.6 Å². The predicted octanol–water partition coefficient (Wildman–Crippen LogP) is 2.26. The maximum absolute atomic E-state index is 11.9. The minimum absolute atomic E-state index is 0.163. The molecule has 8 heteroatoms. The molecule has 2 aromatic carbocycles. The van der Waals surface area contributed by atoms with E-state index in [2.05, 4.69) is 15.5 Å². The Morgan fingerprint density at radius 2 is 1.96 bits per heavy atom. The zero-order chi connectivity index (χ0) is 18.7. The van der Waals surface area contributed by atoms with Crippen molar-refractivity contribution in [2.45, 2.75) is 27.4 Å². The van der Waals surface area contributed by atoms with E-state index in [4.69, 9.17) is 9.47 Å². The van der Waals surface area contributed by atoms with Crippen LogP contribution in [-0.2, 0) is 6.61 Å². The van der Waals surface area contributed by atoms with E-state index in [1.165, 1.54) is 0 Å². The van der Waals surface area contributed by atoms with Gasteiger partial charge in [0, 0.05) is 0 Å². The number of aromatic amines is 1. The van der Waals surface area contributed by atoms with Crippen molar-refractivity contribution in [3.05, 3.63) is 57.5 Å². The van der Waals surface area contributed by atoms with E-state index in [0.29, 0.717) is 29.4 Å². The number of hydrogen-bond donors (Lipinski definition) is 2.